The third-order valence-electron chi connectivity index (χ3n) is 14.4. The Balaban J connectivity index is 0.972. The van der Waals surface area contributed by atoms with Crippen LogP contribution in [0.3, 0.4) is 0 Å². The molecule has 0 saturated carbocycles. The zero-order valence-corrected chi connectivity index (χ0v) is 44.5. The minimum atomic E-state index is 0.0847. The highest BCUT2D eigenvalue weighted by Gasteiger charge is 2.22. The van der Waals surface area contributed by atoms with Crippen molar-refractivity contribution in [2.24, 2.45) is 0 Å². The monoisotopic (exact) mass is 948 g/mol. The maximum atomic E-state index is 2.47. The Kier molecular flexibility index (Phi) is 10.9. The SMILES string of the molecule is CC(C)(C)c1ccc(N(c2ccc(C(C)(C)C)cc2)c2ccc3cc4c(cc3c2)sc2cc3sc5cc6cc(N(c7ccc(C(C)(C)C)cc7)c7ccc(C(C)(C)C)cc7)ccc6cc5c3cc24)cc1. The van der Waals surface area contributed by atoms with Crippen LogP contribution in [0.4, 0.5) is 34.1 Å². The van der Waals surface area contributed by atoms with Gasteiger partial charge in [-0.3, -0.25) is 0 Å². The van der Waals surface area contributed by atoms with E-state index in [0.29, 0.717) is 0 Å². The van der Waals surface area contributed by atoms with Crippen molar-refractivity contribution in [3.8, 4) is 0 Å². The van der Waals surface area contributed by atoms with Gasteiger partial charge in [-0.15, -0.1) is 22.7 Å². The number of anilines is 6. The van der Waals surface area contributed by atoms with Crippen LogP contribution in [-0.4, -0.2) is 0 Å². The molecule has 2 aromatic heterocycles. The van der Waals surface area contributed by atoms with E-state index < -0.39 is 0 Å². The van der Waals surface area contributed by atoms with Crippen LogP contribution < -0.4 is 9.80 Å². The molecule has 0 saturated heterocycles. The highest BCUT2D eigenvalue weighted by atomic mass is 32.1. The lowest BCUT2D eigenvalue weighted by Gasteiger charge is -2.28. The van der Waals surface area contributed by atoms with Crippen LogP contribution in [0, 0.1) is 0 Å². The lowest BCUT2D eigenvalue weighted by Crippen LogP contribution is -2.14. The van der Waals surface area contributed by atoms with E-state index in [-0.39, 0.29) is 21.7 Å². The third kappa shape index (κ3) is 8.43. The molecular weight excluding hydrogens is 885 g/mol. The fraction of sp³-hybridized carbons (Fsp3) is 0.242. The van der Waals surface area contributed by atoms with Gasteiger partial charge in [-0.2, -0.15) is 0 Å². The summed E-state index contributed by atoms with van der Waals surface area (Å²) in [6, 6.07) is 65.1. The largest absolute Gasteiger partial charge is 0.310 e. The molecule has 350 valence electrons. The third-order valence-corrected chi connectivity index (χ3v) is 16.7. The smallest absolute Gasteiger partial charge is 0.0468 e. The Labute approximate surface area is 422 Å². The number of rotatable bonds is 6. The maximum absolute atomic E-state index is 2.47. The summed E-state index contributed by atoms with van der Waals surface area (Å²) in [5, 5.41) is 10.3. The van der Waals surface area contributed by atoms with Gasteiger partial charge in [-0.05, 0) is 175 Å². The molecule has 0 amide bonds. The molecule has 0 aliphatic rings. The molecule has 70 heavy (non-hydrogen) atoms. The highest BCUT2D eigenvalue weighted by molar-refractivity contribution is 7.28. The maximum Gasteiger partial charge on any atom is 0.0468 e. The van der Waals surface area contributed by atoms with Gasteiger partial charge in [0.25, 0.3) is 0 Å². The molecule has 0 aliphatic carbocycles. The van der Waals surface area contributed by atoms with E-state index in [9.17, 15) is 0 Å². The van der Waals surface area contributed by atoms with E-state index in [1.165, 1.54) is 84.1 Å². The van der Waals surface area contributed by atoms with Gasteiger partial charge in [0.05, 0.1) is 0 Å². The minimum absolute atomic E-state index is 0.0847. The predicted octanol–water partition coefficient (Wildman–Crippen LogP) is 20.9. The van der Waals surface area contributed by atoms with Crippen molar-refractivity contribution in [1.29, 1.82) is 0 Å². The molecule has 0 N–H and O–H groups in total. The van der Waals surface area contributed by atoms with E-state index in [1.54, 1.807) is 0 Å². The molecular formula is C66H64N2S2. The molecule has 0 aliphatic heterocycles. The summed E-state index contributed by atoms with van der Waals surface area (Å²) < 4.78 is 5.31. The number of hydrogen-bond donors (Lipinski definition) is 0. The van der Waals surface area contributed by atoms with Crippen molar-refractivity contribution >= 4 is 119 Å². The molecule has 2 heterocycles. The Morgan fingerprint density at radius 3 is 0.786 bits per heavy atom. The van der Waals surface area contributed by atoms with Crippen LogP contribution >= 0.6 is 22.7 Å². The van der Waals surface area contributed by atoms with Gasteiger partial charge in [0.1, 0.15) is 0 Å². The zero-order chi connectivity index (χ0) is 49.1. The summed E-state index contributed by atoms with van der Waals surface area (Å²) in [5.41, 5.74) is 12.6. The van der Waals surface area contributed by atoms with Crippen molar-refractivity contribution in [3.63, 3.8) is 0 Å². The van der Waals surface area contributed by atoms with Gasteiger partial charge >= 0.3 is 0 Å². The van der Waals surface area contributed by atoms with Gasteiger partial charge < -0.3 is 9.80 Å². The average Bonchev–Trinajstić information content (AvgIpc) is 3.84. The van der Waals surface area contributed by atoms with Crippen molar-refractivity contribution in [2.75, 3.05) is 9.80 Å². The fourth-order valence-corrected chi connectivity index (χ4v) is 12.5. The van der Waals surface area contributed by atoms with Crippen molar-refractivity contribution in [3.05, 3.63) is 192 Å². The second kappa shape index (κ2) is 16.6. The van der Waals surface area contributed by atoms with E-state index >= 15 is 0 Å². The van der Waals surface area contributed by atoms with Gasteiger partial charge in [-0.25, -0.2) is 0 Å². The Morgan fingerprint density at radius 2 is 0.500 bits per heavy atom. The zero-order valence-electron chi connectivity index (χ0n) is 42.9. The normalized spacial score (nSPS) is 12.9. The summed E-state index contributed by atoms with van der Waals surface area (Å²) in [4.78, 5) is 4.81. The Bertz CT molecular complexity index is 3400. The average molecular weight is 949 g/mol. The second-order valence-corrected chi connectivity index (χ2v) is 25.8. The Hall–Kier alpha value is -6.46. The molecule has 11 aromatic rings. The molecule has 0 unspecified atom stereocenters. The molecule has 4 heteroatoms. The van der Waals surface area contributed by atoms with Crippen LogP contribution in [0.5, 0.6) is 0 Å². The van der Waals surface area contributed by atoms with Crippen LogP contribution in [0.25, 0.3) is 61.9 Å². The van der Waals surface area contributed by atoms with Gasteiger partial charge in [0, 0.05) is 74.5 Å². The first kappa shape index (κ1) is 46.0. The molecule has 0 atom stereocenters. The summed E-state index contributed by atoms with van der Waals surface area (Å²) in [6.45, 7) is 27.3. The number of nitrogens with zero attached hydrogens (tertiary/aromatic N) is 2. The first-order valence-electron chi connectivity index (χ1n) is 24.9. The Morgan fingerprint density at radius 1 is 0.243 bits per heavy atom. The molecule has 0 fully saturated rings. The van der Waals surface area contributed by atoms with Crippen molar-refractivity contribution in [2.45, 2.75) is 105 Å². The molecule has 0 bridgehead atoms. The van der Waals surface area contributed by atoms with Crippen molar-refractivity contribution in [1.82, 2.24) is 0 Å². The quantitative estimate of drug-likeness (QED) is 0.164. The highest BCUT2D eigenvalue weighted by Crippen LogP contribution is 2.46. The lowest BCUT2D eigenvalue weighted by atomic mass is 9.86. The predicted molar refractivity (Wildman–Crippen MR) is 311 cm³/mol. The standard InChI is InChI=1S/C66H64N2S2/c1-63(2,3)45-15-25-49(26-16-45)67(50-27-17-46(18-28-50)64(4,5)6)53-23-13-41-35-55-57-39-58-56-36-42-14-24-54(34-44(42)38-60(56)70-62(58)40-61(57)69-59(55)37-43(41)33-53)68(51-29-19-47(20-30-51)65(7,8)9)52-31-21-48(22-32-52)66(10,11)12/h13-40H,1-12H3. The lowest BCUT2D eigenvalue weighted by molar-refractivity contribution is 0.590. The first-order chi connectivity index (χ1) is 33.2. The van der Waals surface area contributed by atoms with E-state index in [4.69, 9.17) is 0 Å². The molecule has 0 radical (unpaired) electrons. The van der Waals surface area contributed by atoms with E-state index in [1.807, 2.05) is 22.7 Å². The number of fused-ring (bicyclic) bond motifs is 8. The topological polar surface area (TPSA) is 6.48 Å². The molecule has 9 aromatic carbocycles. The summed E-state index contributed by atoms with van der Waals surface area (Å²) in [6.07, 6.45) is 0. The molecule has 11 rings (SSSR count). The van der Waals surface area contributed by atoms with Crippen LogP contribution in [0.2, 0.25) is 0 Å². The molecule has 0 spiro atoms. The van der Waals surface area contributed by atoms with Crippen LogP contribution in [0.1, 0.15) is 105 Å². The number of thiophene rings is 2. The van der Waals surface area contributed by atoms with Crippen LogP contribution in [0.15, 0.2) is 170 Å². The summed E-state index contributed by atoms with van der Waals surface area (Å²) in [5.74, 6) is 0. The first-order valence-corrected chi connectivity index (χ1v) is 26.5. The van der Waals surface area contributed by atoms with Gasteiger partial charge in [0.15, 0.2) is 0 Å². The number of benzene rings is 9. The van der Waals surface area contributed by atoms with E-state index in [2.05, 4.69) is 263 Å². The second-order valence-electron chi connectivity index (χ2n) is 23.7. The van der Waals surface area contributed by atoms with Crippen LogP contribution in [-0.2, 0) is 21.7 Å². The fourth-order valence-electron chi connectivity index (χ4n) is 10.1. The van der Waals surface area contributed by atoms with Crippen molar-refractivity contribution < 1.29 is 0 Å². The van der Waals surface area contributed by atoms with E-state index in [0.717, 1.165) is 34.1 Å². The number of hydrogen-bond acceptors (Lipinski definition) is 4. The summed E-state index contributed by atoms with van der Waals surface area (Å²) in [7, 11) is 0. The van der Waals surface area contributed by atoms with Gasteiger partial charge in [0.2, 0.25) is 0 Å². The summed E-state index contributed by atoms with van der Waals surface area (Å²) >= 11 is 3.82. The minimum Gasteiger partial charge on any atom is -0.310 e. The molecule has 2 nitrogen and oxygen atoms in total. The van der Waals surface area contributed by atoms with Gasteiger partial charge in [-0.1, -0.05) is 144 Å².